The fourth-order valence-electron chi connectivity index (χ4n) is 1.18. The molecular formula is C9H8N4O4. The van der Waals surface area contributed by atoms with Gasteiger partial charge in [0.05, 0.1) is 7.05 Å². The molecule has 0 aliphatic rings. The second-order valence-corrected chi connectivity index (χ2v) is 3.17. The Morgan fingerprint density at radius 1 is 1.53 bits per heavy atom. The number of aromatic nitrogens is 3. The van der Waals surface area contributed by atoms with E-state index < -0.39 is 10.9 Å². The van der Waals surface area contributed by atoms with E-state index in [9.17, 15) is 15.2 Å². The van der Waals surface area contributed by atoms with Crippen LogP contribution in [-0.4, -0.2) is 24.8 Å². The Balaban J connectivity index is 2.27. The van der Waals surface area contributed by atoms with E-state index in [0.717, 1.165) is 4.68 Å². The number of hydrogen-bond donors (Lipinski definition) is 1. The number of nitrogens with zero attached hydrogens (tertiary/aromatic N) is 4. The summed E-state index contributed by atoms with van der Waals surface area (Å²) >= 11 is 0. The number of ether oxygens (including phenoxy) is 1. The van der Waals surface area contributed by atoms with Gasteiger partial charge >= 0.3 is 12.0 Å². The van der Waals surface area contributed by atoms with Crippen molar-refractivity contribution in [2.45, 2.75) is 0 Å². The smallest absolute Gasteiger partial charge is 0.494 e. The van der Waals surface area contributed by atoms with Crippen LogP contribution in [0.15, 0.2) is 24.3 Å². The van der Waals surface area contributed by atoms with Crippen molar-refractivity contribution in [3.05, 3.63) is 34.4 Å². The van der Waals surface area contributed by atoms with Gasteiger partial charge in [0.25, 0.3) is 0 Å². The van der Waals surface area contributed by atoms with Crippen molar-refractivity contribution in [1.82, 2.24) is 14.8 Å². The molecule has 0 saturated heterocycles. The van der Waals surface area contributed by atoms with Crippen LogP contribution in [0.2, 0.25) is 0 Å². The van der Waals surface area contributed by atoms with Crippen molar-refractivity contribution < 1.29 is 14.8 Å². The fraction of sp³-hybridized carbons (Fsp3) is 0.111. The largest absolute Gasteiger partial charge is 0.508 e. The van der Waals surface area contributed by atoms with Crippen LogP contribution in [0.1, 0.15) is 0 Å². The maximum absolute atomic E-state index is 10.4. The molecule has 0 unspecified atom stereocenters. The molecule has 0 saturated carbocycles. The molecule has 0 aliphatic heterocycles. The highest BCUT2D eigenvalue weighted by atomic mass is 16.6. The lowest BCUT2D eigenvalue weighted by Crippen LogP contribution is -1.96. The Kier molecular flexibility index (Phi) is 2.61. The second kappa shape index (κ2) is 4.08. The molecule has 0 aliphatic carbocycles. The molecule has 0 bridgehead atoms. The Hall–Kier alpha value is -2.64. The molecule has 0 spiro atoms. The highest BCUT2D eigenvalue weighted by molar-refractivity contribution is 5.33. The van der Waals surface area contributed by atoms with Crippen LogP contribution in [0.25, 0.3) is 0 Å². The molecule has 1 heterocycles. The first kappa shape index (κ1) is 10.9. The number of nitro groups is 1. The van der Waals surface area contributed by atoms with E-state index in [-0.39, 0.29) is 11.8 Å². The maximum atomic E-state index is 10.4. The van der Waals surface area contributed by atoms with E-state index in [1.807, 2.05) is 0 Å². The van der Waals surface area contributed by atoms with Crippen molar-refractivity contribution in [1.29, 1.82) is 0 Å². The molecule has 1 aromatic heterocycles. The predicted octanol–water partition coefficient (Wildman–Crippen LogP) is 1.22. The average molecular weight is 236 g/mol. The van der Waals surface area contributed by atoms with Crippen molar-refractivity contribution in [2.75, 3.05) is 0 Å². The van der Waals surface area contributed by atoms with Gasteiger partial charge in [-0.05, 0) is 22.0 Å². The monoisotopic (exact) mass is 236 g/mol. The number of phenols is 1. The first-order valence-corrected chi connectivity index (χ1v) is 4.58. The topological polar surface area (TPSA) is 103 Å². The van der Waals surface area contributed by atoms with Gasteiger partial charge in [-0.1, -0.05) is 6.07 Å². The molecule has 1 aromatic carbocycles. The first-order chi connectivity index (χ1) is 8.06. The molecule has 2 rings (SSSR count). The number of benzene rings is 1. The zero-order chi connectivity index (χ0) is 12.4. The van der Waals surface area contributed by atoms with E-state index in [1.54, 1.807) is 12.1 Å². The van der Waals surface area contributed by atoms with E-state index in [1.165, 1.54) is 19.2 Å². The summed E-state index contributed by atoms with van der Waals surface area (Å²) in [5.74, 6) is -0.197. The van der Waals surface area contributed by atoms with Gasteiger partial charge < -0.3 is 20.0 Å². The highest BCUT2D eigenvalue weighted by Crippen LogP contribution is 2.23. The van der Waals surface area contributed by atoms with Gasteiger partial charge in [0.2, 0.25) is 0 Å². The number of rotatable bonds is 3. The summed E-state index contributed by atoms with van der Waals surface area (Å²) in [5.41, 5.74) is 0. The van der Waals surface area contributed by atoms with E-state index in [2.05, 4.69) is 10.1 Å². The predicted molar refractivity (Wildman–Crippen MR) is 55.8 cm³/mol. The Morgan fingerprint density at radius 2 is 2.29 bits per heavy atom. The van der Waals surface area contributed by atoms with Gasteiger partial charge in [-0.15, -0.1) is 4.68 Å². The van der Waals surface area contributed by atoms with Crippen LogP contribution >= 0.6 is 0 Å². The van der Waals surface area contributed by atoms with E-state index in [4.69, 9.17) is 4.74 Å². The van der Waals surface area contributed by atoms with Gasteiger partial charge in [-0.25, -0.2) is 0 Å². The number of phenolic OH excluding ortho intramolecular Hbond substituents is 1. The quantitative estimate of drug-likeness (QED) is 0.634. The Bertz CT molecular complexity index is 566. The van der Waals surface area contributed by atoms with Gasteiger partial charge in [-0.2, -0.15) is 0 Å². The van der Waals surface area contributed by atoms with Crippen LogP contribution in [0.5, 0.6) is 17.5 Å². The van der Waals surface area contributed by atoms with Gasteiger partial charge in [0.1, 0.15) is 11.5 Å². The summed E-state index contributed by atoms with van der Waals surface area (Å²) in [5, 5.41) is 23.2. The van der Waals surface area contributed by atoms with Crippen molar-refractivity contribution in [3.8, 4) is 17.5 Å². The SMILES string of the molecule is Cn1nc([N+](=O)[O-])nc1Oc1cccc(O)c1. The summed E-state index contributed by atoms with van der Waals surface area (Å²) in [6.45, 7) is 0. The van der Waals surface area contributed by atoms with Gasteiger partial charge in [-0.3, -0.25) is 0 Å². The third-order valence-corrected chi connectivity index (χ3v) is 1.90. The maximum Gasteiger partial charge on any atom is 0.494 e. The van der Waals surface area contributed by atoms with Crippen LogP contribution in [0.3, 0.4) is 0 Å². The molecule has 0 atom stereocenters. The average Bonchev–Trinajstić information content (AvgIpc) is 2.61. The van der Waals surface area contributed by atoms with E-state index in [0.29, 0.717) is 5.75 Å². The van der Waals surface area contributed by atoms with Crippen LogP contribution < -0.4 is 4.74 Å². The summed E-state index contributed by atoms with van der Waals surface area (Å²) in [6.07, 6.45) is 0. The molecule has 0 amide bonds. The lowest BCUT2D eigenvalue weighted by atomic mass is 10.3. The van der Waals surface area contributed by atoms with Gasteiger partial charge in [0.15, 0.2) is 0 Å². The lowest BCUT2D eigenvalue weighted by molar-refractivity contribution is -0.394. The molecule has 1 N–H and O–H groups in total. The molecule has 88 valence electrons. The van der Waals surface area contributed by atoms with Crippen LogP contribution in [0, 0.1) is 10.1 Å². The third-order valence-electron chi connectivity index (χ3n) is 1.90. The molecule has 0 fully saturated rings. The summed E-state index contributed by atoms with van der Waals surface area (Å²) in [6, 6.07) is 5.98. The molecule has 0 radical (unpaired) electrons. The number of hydrogen-bond acceptors (Lipinski definition) is 6. The number of aromatic hydroxyl groups is 1. The summed E-state index contributed by atoms with van der Waals surface area (Å²) in [7, 11) is 1.47. The molecule has 17 heavy (non-hydrogen) atoms. The summed E-state index contributed by atoms with van der Waals surface area (Å²) < 4.78 is 6.39. The Morgan fingerprint density at radius 3 is 2.88 bits per heavy atom. The Labute approximate surface area is 95.2 Å². The standard InChI is InChI=1S/C9H8N4O4/c1-12-9(10-8(11-12)13(15)16)17-7-4-2-3-6(14)5-7/h2-5,14H,1H3. The van der Waals surface area contributed by atoms with Crippen molar-refractivity contribution >= 4 is 5.95 Å². The zero-order valence-corrected chi connectivity index (χ0v) is 8.77. The number of aryl methyl sites for hydroxylation is 1. The van der Waals surface area contributed by atoms with Crippen LogP contribution in [0.4, 0.5) is 5.95 Å². The highest BCUT2D eigenvalue weighted by Gasteiger charge is 2.20. The fourth-order valence-corrected chi connectivity index (χ4v) is 1.18. The minimum atomic E-state index is -0.713. The van der Waals surface area contributed by atoms with E-state index >= 15 is 0 Å². The molecule has 8 nitrogen and oxygen atoms in total. The lowest BCUT2D eigenvalue weighted by Gasteiger charge is -2.00. The van der Waals surface area contributed by atoms with Gasteiger partial charge in [0, 0.05) is 11.2 Å². The third kappa shape index (κ3) is 2.30. The minimum Gasteiger partial charge on any atom is -0.508 e. The molecule has 2 aromatic rings. The first-order valence-electron chi connectivity index (χ1n) is 4.58. The molecular weight excluding hydrogens is 228 g/mol. The second-order valence-electron chi connectivity index (χ2n) is 3.17. The van der Waals surface area contributed by atoms with Crippen molar-refractivity contribution in [2.24, 2.45) is 7.05 Å². The molecule has 8 heteroatoms. The van der Waals surface area contributed by atoms with Crippen LogP contribution in [-0.2, 0) is 7.05 Å². The normalized spacial score (nSPS) is 10.2. The summed E-state index contributed by atoms with van der Waals surface area (Å²) in [4.78, 5) is 13.3. The van der Waals surface area contributed by atoms with Crippen molar-refractivity contribution in [3.63, 3.8) is 0 Å². The minimum absolute atomic E-state index is 0.0256. The zero-order valence-electron chi connectivity index (χ0n) is 8.77.